The largest absolute Gasteiger partial charge is 0.382 e. The number of benzene rings is 1. The van der Waals surface area contributed by atoms with Gasteiger partial charge in [-0.05, 0) is 37.9 Å². The van der Waals surface area contributed by atoms with Crippen LogP contribution in [0.3, 0.4) is 0 Å². The molecule has 0 aliphatic carbocycles. The Kier molecular flexibility index (Phi) is 8.32. The number of carbonyl (C=O) groups is 1. The van der Waals surface area contributed by atoms with Gasteiger partial charge in [0.15, 0.2) is 5.13 Å². The molecule has 0 bridgehead atoms. The number of hydrogen-bond acceptors (Lipinski definition) is 9. The van der Waals surface area contributed by atoms with Gasteiger partial charge in [0.2, 0.25) is 15.8 Å². The summed E-state index contributed by atoms with van der Waals surface area (Å²) < 4.78 is 60.3. The van der Waals surface area contributed by atoms with Gasteiger partial charge in [0.25, 0.3) is 0 Å². The molecule has 1 aromatic heterocycles. The number of ether oxygens (including phenoxy) is 1. The van der Waals surface area contributed by atoms with Crippen LogP contribution in [0.2, 0.25) is 0 Å². The molecule has 0 saturated carbocycles. The van der Waals surface area contributed by atoms with Gasteiger partial charge in [-0.2, -0.15) is 0 Å². The number of hydrogen-bond donors (Lipinski definition) is 2. The van der Waals surface area contributed by atoms with Crippen molar-refractivity contribution in [3.8, 4) is 0 Å². The van der Waals surface area contributed by atoms with Crippen LogP contribution >= 0.6 is 11.3 Å². The fourth-order valence-electron chi connectivity index (χ4n) is 4.26. The van der Waals surface area contributed by atoms with Crippen LogP contribution in [0.1, 0.15) is 34.5 Å². The number of anilines is 2. The van der Waals surface area contributed by atoms with Gasteiger partial charge in [0.05, 0.1) is 24.5 Å². The summed E-state index contributed by atoms with van der Waals surface area (Å²) in [6, 6.07) is 3.14. The zero-order valence-electron chi connectivity index (χ0n) is 19.2. The number of ketones is 1. The van der Waals surface area contributed by atoms with E-state index in [1.54, 1.807) is 0 Å². The lowest BCUT2D eigenvalue weighted by atomic mass is 10.1. The van der Waals surface area contributed by atoms with Gasteiger partial charge in [-0.1, -0.05) is 17.4 Å². The number of piperidine rings is 1. The van der Waals surface area contributed by atoms with Gasteiger partial charge in [0.1, 0.15) is 22.3 Å². The van der Waals surface area contributed by atoms with E-state index in [9.17, 15) is 22.0 Å². The van der Waals surface area contributed by atoms with Crippen molar-refractivity contribution < 1.29 is 26.7 Å². The van der Waals surface area contributed by atoms with Crippen LogP contribution in [-0.4, -0.2) is 86.1 Å². The second kappa shape index (κ2) is 11.2. The van der Waals surface area contributed by atoms with Crippen molar-refractivity contribution in [3.63, 3.8) is 0 Å². The first kappa shape index (κ1) is 25.9. The minimum Gasteiger partial charge on any atom is -0.382 e. The molecule has 2 fully saturated rings. The molecule has 2 aliphatic rings. The van der Waals surface area contributed by atoms with Crippen LogP contribution in [0, 0.1) is 11.6 Å². The smallest absolute Gasteiger partial charge is 0.214 e. The summed E-state index contributed by atoms with van der Waals surface area (Å²) in [6.07, 6.45) is 1.71. The molecule has 2 saturated heterocycles. The number of nitrogens with two attached hydrogens (primary N) is 1. The molecule has 35 heavy (non-hydrogen) atoms. The van der Waals surface area contributed by atoms with Crippen LogP contribution in [0.25, 0.3) is 0 Å². The Bertz CT molecular complexity index is 1130. The first-order chi connectivity index (χ1) is 16.7. The van der Waals surface area contributed by atoms with Crippen molar-refractivity contribution in [1.82, 2.24) is 14.2 Å². The Balaban J connectivity index is 1.29. The maximum atomic E-state index is 14.0. The molecule has 0 atom stereocenters. The lowest BCUT2D eigenvalue weighted by Gasteiger charge is -2.32. The molecule has 9 nitrogen and oxygen atoms in total. The highest BCUT2D eigenvalue weighted by Gasteiger charge is 2.29. The summed E-state index contributed by atoms with van der Waals surface area (Å²) in [7, 11) is -3.33. The van der Waals surface area contributed by atoms with Gasteiger partial charge >= 0.3 is 0 Å². The van der Waals surface area contributed by atoms with E-state index in [-0.39, 0.29) is 22.5 Å². The summed E-state index contributed by atoms with van der Waals surface area (Å²) in [5.41, 5.74) is 5.19. The van der Waals surface area contributed by atoms with Crippen LogP contribution in [0.15, 0.2) is 18.2 Å². The number of halogens is 2. The maximum absolute atomic E-state index is 14.0. The monoisotopic (exact) mass is 529 g/mol. The summed E-state index contributed by atoms with van der Waals surface area (Å²) in [5.74, 6) is -2.78. The lowest BCUT2D eigenvalue weighted by Crippen LogP contribution is -2.44. The van der Waals surface area contributed by atoms with E-state index in [1.165, 1.54) is 10.4 Å². The van der Waals surface area contributed by atoms with Crippen molar-refractivity contribution in [1.29, 1.82) is 0 Å². The third-order valence-corrected chi connectivity index (χ3v) is 9.16. The maximum Gasteiger partial charge on any atom is 0.214 e. The van der Waals surface area contributed by atoms with Gasteiger partial charge < -0.3 is 15.8 Å². The number of rotatable bonds is 9. The Hall–Kier alpha value is -2.19. The molecule has 2 aromatic rings. The highest BCUT2D eigenvalue weighted by molar-refractivity contribution is 7.89. The molecule has 1 aromatic carbocycles. The van der Waals surface area contributed by atoms with Gasteiger partial charge in [0, 0.05) is 32.2 Å². The Morgan fingerprint density at radius 1 is 1.17 bits per heavy atom. The normalized spacial score (nSPS) is 18.6. The minimum atomic E-state index is -3.33. The molecular weight excluding hydrogens is 500 g/mol. The molecule has 3 heterocycles. The topological polar surface area (TPSA) is 118 Å². The Labute approximate surface area is 207 Å². The minimum absolute atomic E-state index is 0.0446. The highest BCUT2D eigenvalue weighted by Crippen LogP contribution is 2.30. The summed E-state index contributed by atoms with van der Waals surface area (Å²) >= 11 is 0.929. The van der Waals surface area contributed by atoms with Gasteiger partial charge in [-0.15, -0.1) is 0 Å². The predicted octanol–water partition coefficient (Wildman–Crippen LogP) is 2.16. The Morgan fingerprint density at radius 2 is 1.83 bits per heavy atom. The molecule has 3 N–H and O–H groups in total. The van der Waals surface area contributed by atoms with Crippen LogP contribution < -0.4 is 11.1 Å². The van der Waals surface area contributed by atoms with E-state index in [0.29, 0.717) is 50.7 Å². The molecule has 4 rings (SSSR count). The number of nitrogen functional groups attached to an aromatic ring is 1. The number of nitrogens with one attached hydrogen (secondary N) is 1. The molecule has 0 radical (unpaired) electrons. The number of morpholine rings is 1. The van der Waals surface area contributed by atoms with Crippen LogP contribution in [0.4, 0.5) is 19.7 Å². The van der Waals surface area contributed by atoms with E-state index < -0.39 is 33.0 Å². The van der Waals surface area contributed by atoms with Crippen molar-refractivity contribution in [2.24, 2.45) is 0 Å². The number of sulfonamides is 1. The first-order valence-electron chi connectivity index (χ1n) is 11.5. The first-order valence-corrected chi connectivity index (χ1v) is 14.0. The fourth-order valence-corrected chi connectivity index (χ4v) is 6.69. The van der Waals surface area contributed by atoms with E-state index in [4.69, 9.17) is 10.5 Å². The Morgan fingerprint density at radius 3 is 2.49 bits per heavy atom. The average molecular weight is 530 g/mol. The summed E-state index contributed by atoms with van der Waals surface area (Å²) in [4.78, 5) is 19.0. The number of nitrogens with zero attached hydrogens (tertiary/aromatic N) is 3. The quantitative estimate of drug-likeness (QED) is 0.475. The fraction of sp³-hybridized carbons (Fsp3) is 0.545. The van der Waals surface area contributed by atoms with Crippen molar-refractivity contribution >= 4 is 38.1 Å². The third kappa shape index (κ3) is 6.33. The van der Waals surface area contributed by atoms with E-state index in [0.717, 1.165) is 43.1 Å². The van der Waals surface area contributed by atoms with Gasteiger partial charge in [-0.3, -0.25) is 9.69 Å². The van der Waals surface area contributed by atoms with Crippen molar-refractivity contribution in [2.75, 3.05) is 62.7 Å². The molecule has 2 aliphatic heterocycles. The predicted molar refractivity (Wildman–Crippen MR) is 130 cm³/mol. The molecule has 13 heteroatoms. The average Bonchev–Trinajstić information content (AvgIpc) is 3.19. The van der Waals surface area contributed by atoms with Crippen LogP contribution in [0.5, 0.6) is 0 Å². The molecule has 0 amide bonds. The second-order valence-corrected chi connectivity index (χ2v) is 11.7. The zero-order valence-corrected chi connectivity index (χ0v) is 20.8. The van der Waals surface area contributed by atoms with Gasteiger partial charge in [-0.25, -0.2) is 26.5 Å². The molecule has 192 valence electrons. The standard InChI is InChI=1S/C22H29F2N5O4S2/c23-16-3-1-4-17(24)18(16)19(30)20-21(25)27-22(34-20)26-15-5-8-29(9-6-15)35(31,32)14-2-7-28-10-12-33-13-11-28/h1,3-4,15H,2,5-14,25H2,(H,26,27). The number of thiazole rings is 1. The zero-order chi connectivity index (χ0) is 25.0. The summed E-state index contributed by atoms with van der Waals surface area (Å²) in [5, 5.41) is 3.54. The number of aromatic nitrogens is 1. The van der Waals surface area contributed by atoms with E-state index >= 15 is 0 Å². The number of carbonyl (C=O) groups excluding carboxylic acids is 1. The SMILES string of the molecule is Nc1nc(NC2CCN(S(=O)(=O)CCCN3CCOCC3)CC2)sc1C(=O)c1c(F)cccc1F. The molecule has 0 spiro atoms. The second-order valence-electron chi connectivity index (χ2n) is 8.60. The summed E-state index contributed by atoms with van der Waals surface area (Å²) in [6.45, 7) is 4.54. The third-order valence-electron chi connectivity index (χ3n) is 6.20. The van der Waals surface area contributed by atoms with Crippen molar-refractivity contribution in [3.05, 3.63) is 40.3 Å². The van der Waals surface area contributed by atoms with E-state index in [2.05, 4.69) is 15.2 Å². The highest BCUT2D eigenvalue weighted by atomic mass is 32.2. The lowest BCUT2D eigenvalue weighted by molar-refractivity contribution is 0.0380. The van der Waals surface area contributed by atoms with E-state index in [1.807, 2.05) is 0 Å². The molecule has 0 unspecified atom stereocenters. The van der Waals surface area contributed by atoms with Crippen LogP contribution in [-0.2, 0) is 14.8 Å². The molecular formula is C22H29F2N5O4S2. The van der Waals surface area contributed by atoms with Crippen molar-refractivity contribution in [2.45, 2.75) is 25.3 Å².